The lowest BCUT2D eigenvalue weighted by Crippen LogP contribution is -2.28. The maximum atomic E-state index is 12.7. The van der Waals surface area contributed by atoms with Crippen molar-refractivity contribution in [3.63, 3.8) is 0 Å². The van der Waals surface area contributed by atoms with Crippen molar-refractivity contribution in [2.24, 2.45) is 0 Å². The molecule has 0 fully saturated rings. The van der Waals surface area contributed by atoms with E-state index in [1.54, 1.807) is 24.3 Å². The molecule has 0 saturated heterocycles. The summed E-state index contributed by atoms with van der Waals surface area (Å²) in [5.74, 6) is -0.471. The van der Waals surface area contributed by atoms with Crippen LogP contribution in [0.3, 0.4) is 0 Å². The van der Waals surface area contributed by atoms with Crippen LogP contribution in [0.2, 0.25) is 0 Å². The Morgan fingerprint density at radius 1 is 0.963 bits per heavy atom. The lowest BCUT2D eigenvalue weighted by atomic mass is 9.98. The molecule has 0 aliphatic heterocycles. The van der Waals surface area contributed by atoms with E-state index in [0.717, 1.165) is 30.5 Å². The van der Waals surface area contributed by atoms with E-state index in [4.69, 9.17) is 0 Å². The predicted octanol–water partition coefficient (Wildman–Crippen LogP) is 5.57. The lowest BCUT2D eigenvalue weighted by Gasteiger charge is -2.19. The molecule has 1 N–H and O–H groups in total. The van der Waals surface area contributed by atoms with Crippen LogP contribution in [-0.2, 0) is 6.18 Å². The van der Waals surface area contributed by atoms with Gasteiger partial charge >= 0.3 is 6.18 Å². The summed E-state index contributed by atoms with van der Waals surface area (Å²) in [5, 5.41) is 2.89. The normalized spacial score (nSPS) is 12.5. The molecule has 0 bridgehead atoms. The molecule has 6 heteroatoms. The smallest absolute Gasteiger partial charge is 0.345 e. The second-order valence-electron chi connectivity index (χ2n) is 6.42. The van der Waals surface area contributed by atoms with Gasteiger partial charge in [0, 0.05) is 11.1 Å². The SMILES string of the molecule is CCCCC(NC(=O)c1ccc(C(F)(F)F)cc1)c1ccc(C(C)=O)cc1. The van der Waals surface area contributed by atoms with Crippen LogP contribution >= 0.6 is 0 Å². The lowest BCUT2D eigenvalue weighted by molar-refractivity contribution is -0.137. The third kappa shape index (κ3) is 5.67. The predicted molar refractivity (Wildman–Crippen MR) is 97.6 cm³/mol. The maximum Gasteiger partial charge on any atom is 0.416 e. The molecule has 0 heterocycles. The second-order valence-corrected chi connectivity index (χ2v) is 6.42. The number of halogens is 3. The maximum absolute atomic E-state index is 12.7. The molecule has 0 aliphatic carbocycles. The van der Waals surface area contributed by atoms with Gasteiger partial charge in [-0.15, -0.1) is 0 Å². The molecule has 3 nitrogen and oxygen atoms in total. The van der Waals surface area contributed by atoms with Crippen molar-refractivity contribution in [2.75, 3.05) is 0 Å². The number of ketones is 1. The Morgan fingerprint density at radius 3 is 2.00 bits per heavy atom. The molecule has 1 atom stereocenters. The molecule has 27 heavy (non-hydrogen) atoms. The highest BCUT2D eigenvalue weighted by molar-refractivity contribution is 5.95. The van der Waals surface area contributed by atoms with Gasteiger partial charge in [0.05, 0.1) is 11.6 Å². The number of alkyl halides is 3. The summed E-state index contributed by atoms with van der Waals surface area (Å²) in [6.45, 7) is 3.52. The fourth-order valence-corrected chi connectivity index (χ4v) is 2.73. The topological polar surface area (TPSA) is 46.2 Å². The van der Waals surface area contributed by atoms with E-state index in [2.05, 4.69) is 5.32 Å². The standard InChI is InChI=1S/C21H22F3NO2/c1-3-4-5-19(16-8-6-15(7-9-16)14(2)26)25-20(27)17-10-12-18(13-11-17)21(22,23)24/h6-13,19H,3-5H2,1-2H3,(H,25,27). The first-order valence-corrected chi connectivity index (χ1v) is 8.81. The van der Waals surface area contributed by atoms with Crippen LogP contribution in [0.5, 0.6) is 0 Å². The van der Waals surface area contributed by atoms with Crippen LogP contribution in [0, 0.1) is 0 Å². The zero-order valence-corrected chi connectivity index (χ0v) is 15.3. The van der Waals surface area contributed by atoms with E-state index < -0.39 is 17.6 Å². The fraction of sp³-hybridized carbons (Fsp3) is 0.333. The van der Waals surface area contributed by atoms with E-state index in [1.807, 2.05) is 6.92 Å². The minimum absolute atomic E-state index is 0.0413. The Labute approximate surface area is 156 Å². The minimum Gasteiger partial charge on any atom is -0.345 e. The summed E-state index contributed by atoms with van der Waals surface area (Å²) in [6, 6.07) is 10.9. The van der Waals surface area contributed by atoms with E-state index in [-0.39, 0.29) is 17.4 Å². The molecule has 2 aromatic rings. The van der Waals surface area contributed by atoms with Crippen LogP contribution in [-0.4, -0.2) is 11.7 Å². The number of benzene rings is 2. The highest BCUT2D eigenvalue weighted by Gasteiger charge is 2.30. The van der Waals surface area contributed by atoms with Gasteiger partial charge < -0.3 is 5.32 Å². The zero-order valence-electron chi connectivity index (χ0n) is 15.3. The number of hydrogen-bond donors (Lipinski definition) is 1. The second kappa shape index (κ2) is 8.84. The van der Waals surface area contributed by atoms with Crippen molar-refractivity contribution in [2.45, 2.75) is 45.3 Å². The fourth-order valence-electron chi connectivity index (χ4n) is 2.73. The van der Waals surface area contributed by atoms with E-state index in [9.17, 15) is 22.8 Å². The van der Waals surface area contributed by atoms with Crippen molar-refractivity contribution in [3.05, 3.63) is 70.8 Å². The molecule has 2 rings (SSSR count). The van der Waals surface area contributed by atoms with Crippen molar-refractivity contribution in [3.8, 4) is 0 Å². The average Bonchev–Trinajstić information content (AvgIpc) is 2.64. The zero-order chi connectivity index (χ0) is 20.0. The van der Waals surface area contributed by atoms with Crippen LogP contribution < -0.4 is 5.32 Å². The number of carbonyl (C=O) groups excluding carboxylic acids is 2. The molecule has 0 spiro atoms. The molecule has 2 aromatic carbocycles. The highest BCUT2D eigenvalue weighted by atomic mass is 19.4. The summed E-state index contributed by atoms with van der Waals surface area (Å²) in [7, 11) is 0. The van der Waals surface area contributed by atoms with Gasteiger partial charge in [0.25, 0.3) is 5.91 Å². The van der Waals surface area contributed by atoms with Crippen molar-refractivity contribution >= 4 is 11.7 Å². The van der Waals surface area contributed by atoms with Crippen LogP contribution in [0.15, 0.2) is 48.5 Å². The Kier molecular flexibility index (Phi) is 6.77. The van der Waals surface area contributed by atoms with Gasteiger partial charge in [-0.25, -0.2) is 0 Å². The van der Waals surface area contributed by atoms with Crippen LogP contribution in [0.1, 0.15) is 71.0 Å². The van der Waals surface area contributed by atoms with Crippen LogP contribution in [0.4, 0.5) is 13.2 Å². The molecule has 0 radical (unpaired) electrons. The quantitative estimate of drug-likeness (QED) is 0.641. The largest absolute Gasteiger partial charge is 0.416 e. The summed E-state index contributed by atoms with van der Waals surface area (Å²) in [6.07, 6.45) is -1.91. The van der Waals surface area contributed by atoms with Crippen LogP contribution in [0.25, 0.3) is 0 Å². The summed E-state index contributed by atoms with van der Waals surface area (Å²) in [4.78, 5) is 23.9. The Morgan fingerprint density at radius 2 is 1.52 bits per heavy atom. The molecule has 144 valence electrons. The molecular formula is C21H22F3NO2. The first-order valence-electron chi connectivity index (χ1n) is 8.81. The number of Topliss-reactive ketones (excluding diaryl/α,β-unsaturated/α-hetero) is 1. The molecule has 1 unspecified atom stereocenters. The molecule has 0 aliphatic rings. The third-order valence-corrected chi connectivity index (χ3v) is 4.35. The minimum atomic E-state index is -4.43. The van der Waals surface area contributed by atoms with Gasteiger partial charge in [-0.3, -0.25) is 9.59 Å². The third-order valence-electron chi connectivity index (χ3n) is 4.35. The number of amides is 1. The van der Waals surface area contributed by atoms with Gasteiger partial charge in [-0.2, -0.15) is 13.2 Å². The van der Waals surface area contributed by atoms with Gasteiger partial charge in [0.15, 0.2) is 5.78 Å². The molecule has 0 aromatic heterocycles. The Bertz CT molecular complexity index is 781. The number of carbonyl (C=O) groups is 2. The van der Waals surface area contributed by atoms with Crippen molar-refractivity contribution in [1.29, 1.82) is 0 Å². The van der Waals surface area contributed by atoms with E-state index >= 15 is 0 Å². The van der Waals surface area contributed by atoms with Crippen molar-refractivity contribution in [1.82, 2.24) is 5.32 Å². The first-order chi connectivity index (χ1) is 12.7. The van der Waals surface area contributed by atoms with Gasteiger partial charge in [0.1, 0.15) is 0 Å². The average molecular weight is 377 g/mol. The van der Waals surface area contributed by atoms with Crippen molar-refractivity contribution < 1.29 is 22.8 Å². The summed E-state index contributed by atoms with van der Waals surface area (Å²) < 4.78 is 38.0. The summed E-state index contributed by atoms with van der Waals surface area (Å²) >= 11 is 0. The Balaban J connectivity index is 2.17. The summed E-state index contributed by atoms with van der Waals surface area (Å²) in [5.41, 5.74) is 0.821. The number of unbranched alkanes of at least 4 members (excludes halogenated alkanes) is 1. The number of rotatable bonds is 7. The molecular weight excluding hydrogens is 355 g/mol. The van der Waals surface area contributed by atoms with E-state index in [0.29, 0.717) is 12.0 Å². The monoisotopic (exact) mass is 377 g/mol. The highest BCUT2D eigenvalue weighted by Crippen LogP contribution is 2.29. The van der Waals surface area contributed by atoms with Gasteiger partial charge in [-0.1, -0.05) is 44.0 Å². The number of nitrogens with one attached hydrogen (secondary N) is 1. The molecule has 1 amide bonds. The van der Waals surface area contributed by atoms with E-state index in [1.165, 1.54) is 19.1 Å². The number of hydrogen-bond acceptors (Lipinski definition) is 2. The Hall–Kier alpha value is -2.63. The van der Waals surface area contributed by atoms with Gasteiger partial charge in [0.2, 0.25) is 0 Å². The molecule has 0 saturated carbocycles. The first kappa shape index (κ1) is 20.7. The van der Waals surface area contributed by atoms with Gasteiger partial charge in [-0.05, 0) is 43.2 Å².